The van der Waals surface area contributed by atoms with Crippen LogP contribution in [0.3, 0.4) is 0 Å². The number of ether oxygens (including phenoxy) is 1. The van der Waals surface area contributed by atoms with Crippen molar-refractivity contribution in [2.45, 2.75) is 58.6 Å². The molecule has 1 atom stereocenters. The molecule has 6 nitrogen and oxygen atoms in total. The highest BCUT2D eigenvalue weighted by Gasteiger charge is 2.20. The van der Waals surface area contributed by atoms with Gasteiger partial charge in [-0.05, 0) is 68.4 Å². The topological polar surface area (TPSA) is 77.2 Å². The SMILES string of the molecule is CCC(Oc1ccc2c(c1)CCCC2)C(=O)NCc1nc(-c2cccc(C)c2)no1. The van der Waals surface area contributed by atoms with Gasteiger partial charge in [0.1, 0.15) is 5.75 Å². The lowest BCUT2D eigenvalue weighted by Crippen LogP contribution is -2.37. The van der Waals surface area contributed by atoms with Crippen molar-refractivity contribution in [3.63, 3.8) is 0 Å². The van der Waals surface area contributed by atoms with E-state index in [1.165, 1.54) is 24.0 Å². The molecule has 1 aliphatic rings. The third-order valence-corrected chi connectivity index (χ3v) is 5.42. The molecule has 30 heavy (non-hydrogen) atoms. The second-order valence-corrected chi connectivity index (χ2v) is 7.75. The maximum Gasteiger partial charge on any atom is 0.261 e. The molecule has 6 heteroatoms. The fourth-order valence-corrected chi connectivity index (χ4v) is 3.77. The van der Waals surface area contributed by atoms with Gasteiger partial charge in [-0.25, -0.2) is 0 Å². The fourth-order valence-electron chi connectivity index (χ4n) is 3.77. The largest absolute Gasteiger partial charge is 0.481 e. The van der Waals surface area contributed by atoms with Crippen LogP contribution in [0, 0.1) is 6.92 Å². The standard InChI is InChI=1S/C24H27N3O3/c1-3-21(29-20-12-11-17-8-4-5-9-18(17)14-20)24(28)25-15-22-26-23(27-30-22)19-10-6-7-16(2)13-19/h6-7,10-14,21H,3-5,8-9,15H2,1-2H3,(H,25,28). The van der Waals surface area contributed by atoms with Crippen molar-refractivity contribution in [2.75, 3.05) is 0 Å². The molecule has 156 valence electrons. The summed E-state index contributed by atoms with van der Waals surface area (Å²) in [5.74, 6) is 1.44. The highest BCUT2D eigenvalue weighted by atomic mass is 16.5. The molecule has 1 heterocycles. The minimum Gasteiger partial charge on any atom is -0.481 e. The molecule has 1 aromatic heterocycles. The lowest BCUT2D eigenvalue weighted by molar-refractivity contribution is -0.128. The van der Waals surface area contributed by atoms with Crippen LogP contribution in [0.2, 0.25) is 0 Å². The summed E-state index contributed by atoms with van der Waals surface area (Å²) in [6, 6.07) is 14.1. The Morgan fingerprint density at radius 2 is 2.00 bits per heavy atom. The lowest BCUT2D eigenvalue weighted by Gasteiger charge is -2.20. The molecular weight excluding hydrogens is 378 g/mol. The van der Waals surface area contributed by atoms with Gasteiger partial charge in [-0.1, -0.05) is 41.9 Å². The van der Waals surface area contributed by atoms with E-state index >= 15 is 0 Å². The summed E-state index contributed by atoms with van der Waals surface area (Å²) in [7, 11) is 0. The maximum absolute atomic E-state index is 12.6. The van der Waals surface area contributed by atoms with Crippen molar-refractivity contribution in [1.29, 1.82) is 0 Å². The molecule has 0 radical (unpaired) electrons. The molecule has 1 amide bonds. The highest BCUT2D eigenvalue weighted by Crippen LogP contribution is 2.26. The zero-order chi connectivity index (χ0) is 20.9. The molecule has 2 aromatic carbocycles. The van der Waals surface area contributed by atoms with E-state index < -0.39 is 6.10 Å². The van der Waals surface area contributed by atoms with Crippen molar-refractivity contribution in [3.05, 3.63) is 65.0 Å². The number of rotatable bonds is 7. The molecule has 1 unspecified atom stereocenters. The lowest BCUT2D eigenvalue weighted by atomic mass is 9.92. The average Bonchev–Trinajstić information content (AvgIpc) is 3.25. The van der Waals surface area contributed by atoms with Crippen molar-refractivity contribution >= 4 is 5.91 Å². The summed E-state index contributed by atoms with van der Waals surface area (Å²) in [5, 5.41) is 6.86. The van der Waals surface area contributed by atoms with E-state index in [0.29, 0.717) is 18.1 Å². The quantitative estimate of drug-likeness (QED) is 0.630. The van der Waals surface area contributed by atoms with Crippen LogP contribution in [0.1, 0.15) is 48.8 Å². The van der Waals surface area contributed by atoms with Crippen molar-refractivity contribution in [1.82, 2.24) is 15.5 Å². The number of fused-ring (bicyclic) bond motifs is 1. The molecular formula is C24H27N3O3. The summed E-state index contributed by atoms with van der Waals surface area (Å²) in [6.45, 7) is 4.12. The number of aryl methyl sites for hydroxylation is 3. The molecule has 0 fully saturated rings. The third kappa shape index (κ3) is 4.70. The Balaban J connectivity index is 1.36. The fraction of sp³-hybridized carbons (Fsp3) is 0.375. The van der Waals surface area contributed by atoms with Crippen LogP contribution in [0.5, 0.6) is 5.75 Å². The van der Waals surface area contributed by atoms with Crippen LogP contribution < -0.4 is 10.1 Å². The van der Waals surface area contributed by atoms with Crippen LogP contribution in [-0.2, 0) is 24.2 Å². The number of carbonyl (C=O) groups excluding carboxylic acids is 1. The summed E-state index contributed by atoms with van der Waals surface area (Å²) >= 11 is 0. The minimum atomic E-state index is -0.564. The number of hydrogen-bond donors (Lipinski definition) is 1. The Morgan fingerprint density at radius 3 is 2.80 bits per heavy atom. The van der Waals surface area contributed by atoms with E-state index in [0.717, 1.165) is 29.7 Å². The average molecular weight is 405 g/mol. The number of nitrogens with zero attached hydrogens (tertiary/aromatic N) is 2. The van der Waals surface area contributed by atoms with Gasteiger partial charge < -0.3 is 14.6 Å². The van der Waals surface area contributed by atoms with E-state index in [2.05, 4.69) is 27.6 Å². The molecule has 1 N–H and O–H groups in total. The molecule has 0 saturated heterocycles. The van der Waals surface area contributed by atoms with Crippen LogP contribution in [0.25, 0.3) is 11.4 Å². The second kappa shape index (κ2) is 9.11. The maximum atomic E-state index is 12.6. The Morgan fingerprint density at radius 1 is 1.17 bits per heavy atom. The van der Waals surface area contributed by atoms with Crippen molar-refractivity contribution < 1.29 is 14.1 Å². The van der Waals surface area contributed by atoms with Crippen LogP contribution in [0.15, 0.2) is 47.0 Å². The first-order chi connectivity index (χ1) is 14.6. The van der Waals surface area contributed by atoms with E-state index in [1.807, 2.05) is 44.2 Å². The van der Waals surface area contributed by atoms with E-state index in [9.17, 15) is 4.79 Å². The predicted molar refractivity (Wildman–Crippen MR) is 114 cm³/mol. The van der Waals surface area contributed by atoms with Crippen LogP contribution in [0.4, 0.5) is 0 Å². The number of benzene rings is 2. The van der Waals surface area contributed by atoms with Crippen LogP contribution in [-0.4, -0.2) is 22.2 Å². The summed E-state index contributed by atoms with van der Waals surface area (Å²) in [6.07, 6.45) is 4.67. The van der Waals surface area contributed by atoms with Gasteiger partial charge in [0, 0.05) is 5.56 Å². The van der Waals surface area contributed by atoms with Gasteiger partial charge in [-0.3, -0.25) is 4.79 Å². The Labute approximate surface area is 176 Å². The van der Waals surface area contributed by atoms with Gasteiger partial charge >= 0.3 is 0 Å². The van der Waals surface area contributed by atoms with Crippen LogP contribution >= 0.6 is 0 Å². The first-order valence-corrected chi connectivity index (χ1v) is 10.6. The molecule has 0 bridgehead atoms. The van der Waals surface area contributed by atoms with Crippen molar-refractivity contribution in [2.24, 2.45) is 0 Å². The second-order valence-electron chi connectivity index (χ2n) is 7.75. The number of nitrogens with one attached hydrogen (secondary N) is 1. The van der Waals surface area contributed by atoms with E-state index in [1.54, 1.807) is 0 Å². The first-order valence-electron chi connectivity index (χ1n) is 10.6. The summed E-state index contributed by atoms with van der Waals surface area (Å²) in [4.78, 5) is 17.0. The molecule has 3 aromatic rings. The number of hydrogen-bond acceptors (Lipinski definition) is 5. The van der Waals surface area contributed by atoms with Gasteiger partial charge in [0.2, 0.25) is 11.7 Å². The molecule has 1 aliphatic carbocycles. The molecule has 0 aliphatic heterocycles. The summed E-state index contributed by atoms with van der Waals surface area (Å²) < 4.78 is 11.3. The summed E-state index contributed by atoms with van der Waals surface area (Å²) in [5.41, 5.74) is 4.74. The van der Waals surface area contributed by atoms with Gasteiger partial charge in [0.15, 0.2) is 6.10 Å². The van der Waals surface area contributed by atoms with Gasteiger partial charge in [-0.15, -0.1) is 0 Å². The predicted octanol–water partition coefficient (Wildman–Crippen LogP) is 4.40. The van der Waals surface area contributed by atoms with Crippen molar-refractivity contribution in [3.8, 4) is 17.1 Å². The zero-order valence-corrected chi connectivity index (χ0v) is 17.5. The minimum absolute atomic E-state index is 0.168. The van der Waals surface area contributed by atoms with E-state index in [4.69, 9.17) is 9.26 Å². The number of amides is 1. The Kier molecular flexibility index (Phi) is 6.12. The van der Waals surface area contributed by atoms with E-state index in [-0.39, 0.29) is 12.5 Å². The monoisotopic (exact) mass is 405 g/mol. The van der Waals surface area contributed by atoms with Gasteiger partial charge in [-0.2, -0.15) is 4.98 Å². The molecule has 0 saturated carbocycles. The van der Waals surface area contributed by atoms with Gasteiger partial charge in [0.25, 0.3) is 5.91 Å². The normalized spacial score (nSPS) is 14.1. The molecule has 0 spiro atoms. The number of aromatic nitrogens is 2. The third-order valence-electron chi connectivity index (χ3n) is 5.42. The highest BCUT2D eigenvalue weighted by molar-refractivity contribution is 5.81. The molecule has 4 rings (SSSR count). The Hall–Kier alpha value is -3.15. The zero-order valence-electron chi connectivity index (χ0n) is 17.5. The number of carbonyl (C=O) groups is 1. The Bertz CT molecular complexity index is 1030. The van der Waals surface area contributed by atoms with Gasteiger partial charge in [0.05, 0.1) is 6.54 Å². The first kappa shape index (κ1) is 20.1. The smallest absolute Gasteiger partial charge is 0.261 e.